The van der Waals surface area contributed by atoms with Gasteiger partial charge in [0.25, 0.3) is 5.91 Å². The molecule has 0 fully saturated rings. The van der Waals surface area contributed by atoms with E-state index in [1.165, 1.54) is 11.8 Å². The number of carbonyl (C=O) groups excluding carboxylic acids is 3. The lowest BCUT2D eigenvalue weighted by Gasteiger charge is -2.12. The van der Waals surface area contributed by atoms with Crippen LogP contribution in [0.1, 0.15) is 48.4 Å². The molecular weight excluding hydrogens is 388 g/mol. The van der Waals surface area contributed by atoms with Crippen molar-refractivity contribution < 1.29 is 19.1 Å². The zero-order valence-corrected chi connectivity index (χ0v) is 17.8. The molecule has 2 N–H and O–H groups in total. The first-order valence-electron chi connectivity index (χ1n) is 9.40. The van der Waals surface area contributed by atoms with Crippen LogP contribution in [-0.2, 0) is 9.53 Å². The van der Waals surface area contributed by atoms with Crippen molar-refractivity contribution in [3.8, 4) is 0 Å². The molecule has 0 radical (unpaired) electrons. The highest BCUT2D eigenvalue weighted by molar-refractivity contribution is 8.00. The number of nitrogens with one attached hydrogen (secondary N) is 2. The molecule has 0 unspecified atom stereocenters. The fourth-order valence-corrected chi connectivity index (χ4v) is 3.32. The van der Waals surface area contributed by atoms with Crippen LogP contribution in [0.5, 0.6) is 0 Å². The maximum absolute atomic E-state index is 12.7. The van der Waals surface area contributed by atoms with Gasteiger partial charge in [-0.15, -0.1) is 11.8 Å². The summed E-state index contributed by atoms with van der Waals surface area (Å²) in [5.74, 6) is -0.534. The van der Waals surface area contributed by atoms with Crippen molar-refractivity contribution in [1.29, 1.82) is 0 Å². The third kappa shape index (κ3) is 7.27. The maximum Gasteiger partial charge on any atom is 0.338 e. The summed E-state index contributed by atoms with van der Waals surface area (Å²) in [6, 6.07) is 13.7. The molecule has 2 aromatic carbocycles. The molecule has 6 nitrogen and oxygen atoms in total. The molecule has 7 heteroatoms. The fraction of sp³-hybridized carbons (Fsp3) is 0.318. The predicted octanol–water partition coefficient (Wildman–Crippen LogP) is 4.12. The molecule has 0 atom stereocenters. The molecular formula is C22H26N2O4S. The van der Waals surface area contributed by atoms with E-state index in [0.717, 1.165) is 4.90 Å². The topological polar surface area (TPSA) is 84.5 Å². The molecule has 154 valence electrons. The number of ether oxygens (including phenoxy) is 1. The van der Waals surface area contributed by atoms with Crippen molar-refractivity contribution in [2.24, 2.45) is 0 Å². The van der Waals surface area contributed by atoms with Crippen LogP contribution in [0.2, 0.25) is 0 Å². The first kappa shape index (κ1) is 22.5. The van der Waals surface area contributed by atoms with E-state index in [2.05, 4.69) is 10.6 Å². The molecule has 0 aliphatic heterocycles. The molecule has 0 saturated carbocycles. The highest BCUT2D eigenvalue weighted by atomic mass is 32.2. The van der Waals surface area contributed by atoms with Gasteiger partial charge in [0.15, 0.2) is 0 Å². The van der Waals surface area contributed by atoms with E-state index in [-0.39, 0.29) is 29.7 Å². The Bertz CT molecular complexity index is 863. The summed E-state index contributed by atoms with van der Waals surface area (Å²) in [6.45, 7) is 7.37. The predicted molar refractivity (Wildman–Crippen MR) is 115 cm³/mol. The summed E-state index contributed by atoms with van der Waals surface area (Å²) in [4.78, 5) is 37.2. The maximum atomic E-state index is 12.7. The van der Waals surface area contributed by atoms with Crippen molar-refractivity contribution >= 4 is 35.2 Å². The Hall–Kier alpha value is -2.80. The number of rotatable bonds is 8. The molecule has 0 spiro atoms. The SMILES string of the molecule is CC(C)NC(=O)CSc1ccccc1C(=O)Nc1ccc(C(=O)OC(C)C)cc1. The first-order valence-corrected chi connectivity index (χ1v) is 10.4. The van der Waals surface area contributed by atoms with Gasteiger partial charge in [-0.05, 0) is 64.1 Å². The van der Waals surface area contributed by atoms with Gasteiger partial charge in [-0.2, -0.15) is 0 Å². The van der Waals surface area contributed by atoms with Gasteiger partial charge in [0.05, 0.1) is 23.0 Å². The fourth-order valence-electron chi connectivity index (χ4n) is 2.46. The Kier molecular flexibility index (Phi) is 8.27. The summed E-state index contributed by atoms with van der Waals surface area (Å²) in [7, 11) is 0. The van der Waals surface area contributed by atoms with Crippen LogP contribution in [-0.4, -0.2) is 35.7 Å². The van der Waals surface area contributed by atoms with Crippen molar-refractivity contribution in [1.82, 2.24) is 5.32 Å². The Balaban J connectivity index is 2.04. The van der Waals surface area contributed by atoms with Gasteiger partial charge >= 0.3 is 5.97 Å². The minimum atomic E-state index is -0.403. The van der Waals surface area contributed by atoms with Crippen LogP contribution in [0.15, 0.2) is 53.4 Å². The van der Waals surface area contributed by atoms with Crippen LogP contribution >= 0.6 is 11.8 Å². The van der Waals surface area contributed by atoms with Crippen molar-refractivity contribution in [3.63, 3.8) is 0 Å². The van der Waals surface area contributed by atoms with Gasteiger partial charge in [0.2, 0.25) is 5.91 Å². The third-order valence-corrected chi connectivity index (χ3v) is 4.73. The lowest BCUT2D eigenvalue weighted by Crippen LogP contribution is -2.31. The number of hydrogen-bond acceptors (Lipinski definition) is 5. The zero-order chi connectivity index (χ0) is 21.4. The van der Waals surface area contributed by atoms with E-state index in [9.17, 15) is 14.4 Å². The number of esters is 1. The average Bonchev–Trinajstić information content (AvgIpc) is 2.66. The molecule has 0 saturated heterocycles. The highest BCUT2D eigenvalue weighted by Crippen LogP contribution is 2.23. The van der Waals surface area contributed by atoms with Gasteiger partial charge in [-0.3, -0.25) is 9.59 Å². The van der Waals surface area contributed by atoms with Gasteiger partial charge in [0.1, 0.15) is 0 Å². The summed E-state index contributed by atoms with van der Waals surface area (Å²) in [5.41, 5.74) is 1.47. The van der Waals surface area contributed by atoms with E-state index in [1.54, 1.807) is 50.2 Å². The molecule has 2 rings (SSSR count). The minimum absolute atomic E-state index is 0.0717. The molecule has 29 heavy (non-hydrogen) atoms. The Morgan fingerprint density at radius 2 is 1.62 bits per heavy atom. The summed E-state index contributed by atoms with van der Waals surface area (Å²) < 4.78 is 5.15. The second-order valence-electron chi connectivity index (χ2n) is 6.99. The van der Waals surface area contributed by atoms with E-state index in [0.29, 0.717) is 16.8 Å². The van der Waals surface area contributed by atoms with Crippen LogP contribution in [0, 0.1) is 0 Å². The van der Waals surface area contributed by atoms with E-state index < -0.39 is 5.97 Å². The lowest BCUT2D eigenvalue weighted by molar-refractivity contribution is -0.119. The number of amides is 2. The minimum Gasteiger partial charge on any atom is -0.459 e. The Morgan fingerprint density at radius 3 is 2.24 bits per heavy atom. The van der Waals surface area contributed by atoms with Gasteiger partial charge < -0.3 is 15.4 Å². The Labute approximate surface area is 175 Å². The third-order valence-electron chi connectivity index (χ3n) is 3.66. The number of hydrogen-bond donors (Lipinski definition) is 2. The normalized spacial score (nSPS) is 10.7. The average molecular weight is 415 g/mol. The van der Waals surface area contributed by atoms with Crippen LogP contribution < -0.4 is 10.6 Å². The standard InChI is InChI=1S/C22H26N2O4S/c1-14(2)23-20(25)13-29-19-8-6-5-7-18(19)21(26)24-17-11-9-16(10-12-17)22(27)28-15(3)4/h5-12,14-15H,13H2,1-4H3,(H,23,25)(H,24,26). The van der Waals surface area contributed by atoms with E-state index in [1.807, 2.05) is 26.0 Å². The summed E-state index contributed by atoms with van der Waals surface area (Å²) in [5, 5.41) is 5.65. The smallest absolute Gasteiger partial charge is 0.338 e. The number of carbonyl (C=O) groups is 3. The monoisotopic (exact) mass is 414 g/mol. The molecule has 0 bridgehead atoms. The van der Waals surface area contributed by atoms with E-state index in [4.69, 9.17) is 4.74 Å². The largest absolute Gasteiger partial charge is 0.459 e. The zero-order valence-electron chi connectivity index (χ0n) is 17.0. The Morgan fingerprint density at radius 1 is 0.966 bits per heavy atom. The molecule has 0 heterocycles. The van der Waals surface area contributed by atoms with Crippen LogP contribution in [0.25, 0.3) is 0 Å². The first-order chi connectivity index (χ1) is 13.8. The quantitative estimate of drug-likeness (QED) is 0.501. The van der Waals surface area contributed by atoms with Crippen LogP contribution in [0.3, 0.4) is 0 Å². The molecule has 2 aromatic rings. The van der Waals surface area contributed by atoms with Gasteiger partial charge in [-0.1, -0.05) is 12.1 Å². The molecule has 0 aliphatic carbocycles. The lowest BCUT2D eigenvalue weighted by atomic mass is 10.2. The van der Waals surface area contributed by atoms with Gasteiger partial charge in [0, 0.05) is 16.6 Å². The summed E-state index contributed by atoms with van der Waals surface area (Å²) in [6.07, 6.45) is -0.196. The number of thioether (sulfide) groups is 1. The van der Waals surface area contributed by atoms with Crippen molar-refractivity contribution in [3.05, 3.63) is 59.7 Å². The van der Waals surface area contributed by atoms with Crippen molar-refractivity contribution in [2.45, 2.75) is 44.7 Å². The molecule has 0 aliphatic rings. The van der Waals surface area contributed by atoms with Crippen molar-refractivity contribution in [2.75, 3.05) is 11.1 Å². The second kappa shape index (κ2) is 10.7. The number of benzene rings is 2. The molecule has 2 amide bonds. The summed E-state index contributed by atoms with van der Waals surface area (Å²) >= 11 is 1.31. The van der Waals surface area contributed by atoms with Gasteiger partial charge in [-0.25, -0.2) is 4.79 Å². The van der Waals surface area contributed by atoms with E-state index >= 15 is 0 Å². The molecule has 0 aromatic heterocycles. The highest BCUT2D eigenvalue weighted by Gasteiger charge is 2.14. The number of anilines is 1. The van der Waals surface area contributed by atoms with Crippen LogP contribution in [0.4, 0.5) is 5.69 Å². The second-order valence-corrected chi connectivity index (χ2v) is 8.01.